The van der Waals surface area contributed by atoms with Crippen LogP contribution in [0.15, 0.2) is 29.9 Å². The third-order valence-electron chi connectivity index (χ3n) is 12.5. The molecule has 1 saturated heterocycles. The SMILES string of the molecule is COC(=O)C1=CC2CCC=CC(C1CC(=O)O)C2OC1OC(CO)C23OC(CCCO)=c4[nH]c(C(C)C5CCCC5)cc4=C2CCC1(O)C3O. The van der Waals surface area contributed by atoms with Gasteiger partial charge >= 0.3 is 11.9 Å². The maximum absolute atomic E-state index is 12.8. The Labute approximate surface area is 291 Å². The standard InChI is InChI=1S/C38H51NO11/c1-20(21-8-3-4-9-21)28-17-26-27-13-14-37(46)35(45)38(27,50-29(12-7-15-40)32(26)39-28)30(19-41)48-36(37)49-33-22-10-5-6-11-23(33)24(18-31(42)43)25(16-22)34(44)47-2/h6,11,16-17,20-24,30,33,35-36,39-41,45-46H,3-5,7-10,12-15,18-19H2,1-2H3,(H,42,43). The molecule has 3 heterocycles. The average molecular weight is 698 g/mol. The van der Waals surface area contributed by atoms with E-state index in [-0.39, 0.29) is 36.9 Å². The molecule has 10 unspecified atom stereocenters. The molecule has 2 aliphatic heterocycles. The minimum absolute atomic E-state index is 0.0622. The van der Waals surface area contributed by atoms with Crippen LogP contribution in [0.3, 0.4) is 0 Å². The molecule has 7 rings (SSSR count). The summed E-state index contributed by atoms with van der Waals surface area (Å²) in [7, 11) is 1.27. The monoisotopic (exact) mass is 697 g/mol. The lowest BCUT2D eigenvalue weighted by molar-refractivity contribution is -0.375. The van der Waals surface area contributed by atoms with E-state index in [1.807, 2.05) is 12.2 Å². The molecule has 10 atom stereocenters. The van der Waals surface area contributed by atoms with E-state index in [0.29, 0.717) is 43.8 Å². The second-order valence-electron chi connectivity index (χ2n) is 15.2. The molecule has 4 bridgehead atoms. The highest BCUT2D eigenvalue weighted by Crippen LogP contribution is 2.54. The van der Waals surface area contributed by atoms with Crippen LogP contribution in [-0.2, 0) is 28.5 Å². The summed E-state index contributed by atoms with van der Waals surface area (Å²) in [6, 6.07) is 2.14. The smallest absolute Gasteiger partial charge is 0.333 e. The molecule has 1 aromatic rings. The van der Waals surface area contributed by atoms with Crippen LogP contribution in [0.4, 0.5) is 0 Å². The van der Waals surface area contributed by atoms with Gasteiger partial charge < -0.3 is 49.5 Å². The number of aromatic nitrogens is 1. The first-order valence-electron chi connectivity index (χ1n) is 18.3. The first kappa shape index (κ1) is 35.4. The molecule has 4 aliphatic carbocycles. The van der Waals surface area contributed by atoms with Gasteiger partial charge in [-0.2, -0.15) is 0 Å². The van der Waals surface area contributed by atoms with E-state index in [4.69, 9.17) is 18.9 Å². The average Bonchev–Trinajstić information content (AvgIpc) is 3.78. The van der Waals surface area contributed by atoms with Crippen molar-refractivity contribution in [1.82, 2.24) is 4.98 Å². The Morgan fingerprint density at radius 3 is 2.66 bits per heavy atom. The maximum atomic E-state index is 12.8. The number of allylic oxidation sites excluding steroid dienone is 1. The zero-order valence-corrected chi connectivity index (χ0v) is 28.9. The summed E-state index contributed by atoms with van der Waals surface area (Å²) in [5.41, 5.74) is -1.45. The molecule has 6 N–H and O–H groups in total. The minimum atomic E-state index is -1.95. The van der Waals surface area contributed by atoms with Crippen molar-refractivity contribution in [3.8, 4) is 0 Å². The summed E-state index contributed by atoms with van der Waals surface area (Å²) >= 11 is 0. The van der Waals surface area contributed by atoms with E-state index >= 15 is 0 Å². The number of aliphatic hydroxyl groups excluding tert-OH is 3. The third kappa shape index (κ3) is 5.67. The fourth-order valence-corrected chi connectivity index (χ4v) is 9.91. The molecule has 274 valence electrons. The molecule has 0 amide bonds. The topological polar surface area (TPSA) is 188 Å². The molecule has 12 nitrogen and oxygen atoms in total. The Hall–Kier alpha value is -3.00. The van der Waals surface area contributed by atoms with E-state index in [0.717, 1.165) is 21.8 Å². The van der Waals surface area contributed by atoms with Crippen LogP contribution < -0.4 is 10.6 Å². The van der Waals surface area contributed by atoms with Gasteiger partial charge in [-0.1, -0.05) is 38.0 Å². The number of carboxylic acid groups (broad SMARTS) is 1. The second-order valence-corrected chi connectivity index (χ2v) is 15.2. The van der Waals surface area contributed by atoms with Gasteiger partial charge in [0, 0.05) is 47.3 Å². The summed E-state index contributed by atoms with van der Waals surface area (Å²) < 4.78 is 25.0. The third-order valence-corrected chi connectivity index (χ3v) is 12.5. The van der Waals surface area contributed by atoms with Gasteiger partial charge in [-0.25, -0.2) is 4.79 Å². The molecule has 0 radical (unpaired) electrons. The molecule has 1 aromatic heterocycles. The number of carbonyl (C=O) groups is 2. The molecule has 1 spiro atoms. The van der Waals surface area contributed by atoms with E-state index in [1.54, 1.807) is 6.08 Å². The van der Waals surface area contributed by atoms with Crippen molar-refractivity contribution in [3.63, 3.8) is 0 Å². The van der Waals surface area contributed by atoms with E-state index in [1.165, 1.54) is 32.8 Å². The molecule has 12 heteroatoms. The van der Waals surface area contributed by atoms with Crippen LogP contribution >= 0.6 is 0 Å². The number of ether oxygens (including phenoxy) is 4. The fraction of sp³-hybridized carbons (Fsp3) is 0.684. The number of aliphatic carboxylic acids is 1. The first-order valence-corrected chi connectivity index (χ1v) is 18.3. The summed E-state index contributed by atoms with van der Waals surface area (Å²) in [4.78, 5) is 28.5. The van der Waals surface area contributed by atoms with E-state index < -0.39 is 66.2 Å². The first-order chi connectivity index (χ1) is 24.1. The Kier molecular flexibility index (Phi) is 9.81. The summed E-state index contributed by atoms with van der Waals surface area (Å²) in [5.74, 6) is -1.92. The van der Waals surface area contributed by atoms with Gasteiger partial charge in [0.25, 0.3) is 0 Å². The number of carboxylic acids is 1. The summed E-state index contributed by atoms with van der Waals surface area (Å²) in [5, 5.41) is 57.0. The van der Waals surface area contributed by atoms with Crippen molar-refractivity contribution in [2.75, 3.05) is 20.3 Å². The largest absolute Gasteiger partial charge is 0.481 e. The van der Waals surface area contributed by atoms with Crippen LogP contribution in [0.5, 0.6) is 0 Å². The zero-order valence-electron chi connectivity index (χ0n) is 28.9. The highest BCUT2D eigenvalue weighted by Gasteiger charge is 2.70. The lowest BCUT2D eigenvalue weighted by Gasteiger charge is -2.60. The number of hydrogen-bond acceptors (Lipinski definition) is 10. The zero-order chi connectivity index (χ0) is 35.4. The maximum Gasteiger partial charge on any atom is 0.333 e. The van der Waals surface area contributed by atoms with Gasteiger partial charge in [0.05, 0.1) is 31.6 Å². The van der Waals surface area contributed by atoms with Gasteiger partial charge in [-0.15, -0.1) is 0 Å². The van der Waals surface area contributed by atoms with Gasteiger partial charge in [0.1, 0.15) is 23.6 Å². The number of aliphatic hydroxyl groups is 4. The second kappa shape index (κ2) is 13.9. The Bertz CT molecular complexity index is 1660. The molecule has 50 heavy (non-hydrogen) atoms. The van der Waals surface area contributed by atoms with Crippen molar-refractivity contribution >= 4 is 23.3 Å². The number of hydrogen-bond donors (Lipinski definition) is 6. The van der Waals surface area contributed by atoms with Crippen molar-refractivity contribution < 1.29 is 54.1 Å². The molecule has 0 aromatic carbocycles. The highest BCUT2D eigenvalue weighted by molar-refractivity contribution is 5.90. The van der Waals surface area contributed by atoms with Crippen LogP contribution in [0.2, 0.25) is 0 Å². The Morgan fingerprint density at radius 2 is 1.96 bits per heavy atom. The van der Waals surface area contributed by atoms with Crippen molar-refractivity contribution in [2.24, 2.45) is 23.7 Å². The van der Waals surface area contributed by atoms with Crippen molar-refractivity contribution in [1.29, 1.82) is 0 Å². The number of methoxy groups -OCH3 is 1. The van der Waals surface area contributed by atoms with Gasteiger partial charge in [0.2, 0.25) is 0 Å². The molecular weight excluding hydrogens is 646 g/mol. The lowest BCUT2D eigenvalue weighted by Crippen LogP contribution is -2.78. The van der Waals surface area contributed by atoms with Crippen molar-refractivity contribution in [2.45, 2.75) is 119 Å². The summed E-state index contributed by atoms with van der Waals surface area (Å²) in [6.45, 7) is 1.63. The van der Waals surface area contributed by atoms with Gasteiger partial charge in [0.15, 0.2) is 11.9 Å². The number of rotatable bonds is 11. The number of nitrogens with one attached hydrogen (secondary N) is 1. The van der Waals surface area contributed by atoms with E-state index in [9.17, 15) is 35.1 Å². The number of esters is 1. The Balaban J connectivity index is 1.27. The molecule has 6 aliphatic rings. The van der Waals surface area contributed by atoms with Crippen LogP contribution in [0.1, 0.15) is 89.2 Å². The van der Waals surface area contributed by atoms with Crippen LogP contribution in [0, 0.1) is 23.7 Å². The number of fused-ring (bicyclic) bond motifs is 4. The van der Waals surface area contributed by atoms with Crippen LogP contribution in [-0.4, -0.2) is 98.6 Å². The Morgan fingerprint density at radius 1 is 1.18 bits per heavy atom. The molecular formula is C38H51NO11. The number of carbonyl (C=O) groups excluding carboxylic acids is 1. The molecule has 2 saturated carbocycles. The van der Waals surface area contributed by atoms with Crippen molar-refractivity contribution in [3.05, 3.63) is 46.1 Å². The van der Waals surface area contributed by atoms with Crippen LogP contribution in [0.25, 0.3) is 11.3 Å². The molecule has 3 fully saturated rings. The summed E-state index contributed by atoms with van der Waals surface area (Å²) in [6.07, 6.45) is 7.73. The quantitative estimate of drug-likeness (QED) is 0.146. The number of H-pyrrole nitrogens is 1. The van der Waals surface area contributed by atoms with Gasteiger partial charge in [-0.3, -0.25) is 4.79 Å². The highest BCUT2D eigenvalue weighted by atomic mass is 16.7. The number of aromatic amines is 1. The lowest BCUT2D eigenvalue weighted by atomic mass is 9.63. The fourth-order valence-electron chi connectivity index (χ4n) is 9.91. The van der Waals surface area contributed by atoms with Gasteiger partial charge in [-0.05, 0) is 68.4 Å². The van der Waals surface area contributed by atoms with E-state index in [2.05, 4.69) is 18.0 Å². The normalized spacial score (nSPS) is 36.9. The predicted octanol–water partition coefficient (Wildman–Crippen LogP) is 1.88. The predicted molar refractivity (Wildman–Crippen MR) is 179 cm³/mol. The minimum Gasteiger partial charge on any atom is -0.481 e.